The highest BCUT2D eigenvalue weighted by Gasteiger charge is 2.11. The van der Waals surface area contributed by atoms with Crippen molar-refractivity contribution in [2.75, 3.05) is 6.54 Å². The Labute approximate surface area is 111 Å². The van der Waals surface area contributed by atoms with Crippen molar-refractivity contribution in [1.82, 2.24) is 9.97 Å². The smallest absolute Gasteiger partial charge is 0.229 e. The SMILES string of the molecule is Cc1cccc(-c2nc(CCN)nc3occc23)c1. The number of hydrogen-bond donors (Lipinski definition) is 1. The Bertz CT molecular complexity index is 718. The standard InChI is InChI=1S/C15H15N3O/c1-10-3-2-4-11(9-10)14-12-6-8-19-15(12)18-13(17-14)5-7-16/h2-4,6,8-9H,5,7,16H2,1H3. The van der Waals surface area contributed by atoms with Crippen LogP contribution in [0.1, 0.15) is 11.4 Å². The van der Waals surface area contributed by atoms with Gasteiger partial charge in [0.2, 0.25) is 5.71 Å². The van der Waals surface area contributed by atoms with Gasteiger partial charge in [0.1, 0.15) is 5.82 Å². The van der Waals surface area contributed by atoms with Crippen LogP contribution in [-0.4, -0.2) is 16.5 Å². The van der Waals surface area contributed by atoms with Gasteiger partial charge in [-0.1, -0.05) is 23.8 Å². The first-order valence-corrected chi connectivity index (χ1v) is 6.29. The summed E-state index contributed by atoms with van der Waals surface area (Å²) < 4.78 is 5.41. The maximum atomic E-state index is 5.58. The molecule has 0 radical (unpaired) electrons. The molecule has 4 nitrogen and oxygen atoms in total. The van der Waals surface area contributed by atoms with Crippen LogP contribution in [0.25, 0.3) is 22.4 Å². The molecule has 0 aliphatic carbocycles. The summed E-state index contributed by atoms with van der Waals surface area (Å²) in [5, 5.41) is 0.936. The van der Waals surface area contributed by atoms with Gasteiger partial charge < -0.3 is 10.2 Å². The van der Waals surface area contributed by atoms with E-state index in [1.165, 1.54) is 5.56 Å². The first-order chi connectivity index (χ1) is 9.28. The normalized spacial score (nSPS) is 11.1. The van der Waals surface area contributed by atoms with Gasteiger partial charge >= 0.3 is 0 Å². The minimum Gasteiger partial charge on any atom is -0.446 e. The molecule has 4 heteroatoms. The molecule has 0 bridgehead atoms. The average Bonchev–Trinajstić information content (AvgIpc) is 2.86. The van der Waals surface area contributed by atoms with Gasteiger partial charge in [-0.05, 0) is 25.6 Å². The van der Waals surface area contributed by atoms with Crippen LogP contribution in [0.2, 0.25) is 0 Å². The number of benzene rings is 1. The van der Waals surface area contributed by atoms with Gasteiger partial charge in [0.05, 0.1) is 17.3 Å². The fraction of sp³-hybridized carbons (Fsp3) is 0.200. The molecule has 0 atom stereocenters. The molecule has 3 aromatic rings. The first kappa shape index (κ1) is 11.9. The molecule has 0 fully saturated rings. The van der Waals surface area contributed by atoms with Gasteiger partial charge in [-0.25, -0.2) is 4.98 Å². The van der Waals surface area contributed by atoms with Crippen molar-refractivity contribution >= 4 is 11.1 Å². The third-order valence-corrected chi connectivity index (χ3v) is 3.03. The summed E-state index contributed by atoms with van der Waals surface area (Å²) in [7, 11) is 0. The Morgan fingerprint density at radius 3 is 2.89 bits per heavy atom. The highest BCUT2D eigenvalue weighted by Crippen LogP contribution is 2.27. The summed E-state index contributed by atoms with van der Waals surface area (Å²) in [5.41, 5.74) is 9.39. The van der Waals surface area contributed by atoms with E-state index in [1.54, 1.807) is 6.26 Å². The van der Waals surface area contributed by atoms with Gasteiger partial charge in [-0.15, -0.1) is 0 Å². The molecule has 2 heterocycles. The largest absolute Gasteiger partial charge is 0.446 e. The van der Waals surface area contributed by atoms with Crippen LogP contribution in [0.5, 0.6) is 0 Å². The van der Waals surface area contributed by atoms with Gasteiger partial charge in [-0.2, -0.15) is 4.98 Å². The Hall–Kier alpha value is -2.20. The topological polar surface area (TPSA) is 64.9 Å². The van der Waals surface area contributed by atoms with E-state index < -0.39 is 0 Å². The molecule has 2 aromatic heterocycles. The second-order valence-electron chi connectivity index (χ2n) is 4.54. The minimum atomic E-state index is 0.527. The van der Waals surface area contributed by atoms with Crippen LogP contribution >= 0.6 is 0 Å². The number of hydrogen-bond acceptors (Lipinski definition) is 4. The van der Waals surface area contributed by atoms with Crippen LogP contribution in [0.3, 0.4) is 0 Å². The fourth-order valence-corrected chi connectivity index (χ4v) is 2.15. The van der Waals surface area contributed by atoms with Gasteiger partial charge in [0.15, 0.2) is 0 Å². The summed E-state index contributed by atoms with van der Waals surface area (Å²) in [6.07, 6.45) is 2.29. The fourth-order valence-electron chi connectivity index (χ4n) is 2.15. The second kappa shape index (κ2) is 4.82. The van der Waals surface area contributed by atoms with Crippen molar-refractivity contribution in [1.29, 1.82) is 0 Å². The zero-order valence-corrected chi connectivity index (χ0v) is 10.8. The molecule has 0 amide bonds. The highest BCUT2D eigenvalue weighted by atomic mass is 16.3. The molecule has 0 aliphatic rings. The van der Waals surface area contributed by atoms with E-state index in [0.717, 1.165) is 22.5 Å². The van der Waals surface area contributed by atoms with Crippen molar-refractivity contribution in [3.8, 4) is 11.3 Å². The van der Waals surface area contributed by atoms with Crippen LogP contribution in [0.15, 0.2) is 41.0 Å². The molecule has 3 rings (SSSR count). The molecular formula is C15H15N3O. The molecule has 0 saturated carbocycles. The summed E-state index contributed by atoms with van der Waals surface area (Å²) in [6, 6.07) is 10.2. The number of rotatable bonds is 3. The van der Waals surface area contributed by atoms with E-state index >= 15 is 0 Å². The third kappa shape index (κ3) is 2.22. The van der Waals surface area contributed by atoms with E-state index in [1.807, 2.05) is 18.2 Å². The maximum absolute atomic E-state index is 5.58. The second-order valence-corrected chi connectivity index (χ2v) is 4.54. The van der Waals surface area contributed by atoms with Crippen molar-refractivity contribution in [2.24, 2.45) is 5.73 Å². The van der Waals surface area contributed by atoms with Crippen LogP contribution in [0.4, 0.5) is 0 Å². The summed E-state index contributed by atoms with van der Waals surface area (Å²) >= 11 is 0. The molecule has 0 spiro atoms. The van der Waals surface area contributed by atoms with Crippen molar-refractivity contribution in [2.45, 2.75) is 13.3 Å². The molecule has 0 unspecified atom stereocenters. The molecule has 2 N–H and O–H groups in total. The van der Waals surface area contributed by atoms with Crippen LogP contribution in [-0.2, 0) is 6.42 Å². The number of fused-ring (bicyclic) bond motifs is 1. The van der Waals surface area contributed by atoms with E-state index in [-0.39, 0.29) is 0 Å². The average molecular weight is 253 g/mol. The van der Waals surface area contributed by atoms with Gasteiger partial charge in [0.25, 0.3) is 0 Å². The highest BCUT2D eigenvalue weighted by molar-refractivity contribution is 5.89. The molecular weight excluding hydrogens is 238 g/mol. The van der Waals surface area contributed by atoms with Gasteiger partial charge in [-0.3, -0.25) is 0 Å². The van der Waals surface area contributed by atoms with Crippen molar-refractivity contribution < 1.29 is 4.42 Å². The quantitative estimate of drug-likeness (QED) is 0.779. The Morgan fingerprint density at radius 1 is 1.21 bits per heavy atom. The summed E-state index contributed by atoms with van der Waals surface area (Å²) in [4.78, 5) is 9.00. The molecule has 0 saturated heterocycles. The Balaban J connectivity index is 2.23. The lowest BCUT2D eigenvalue weighted by atomic mass is 10.1. The molecule has 1 aromatic carbocycles. The zero-order chi connectivity index (χ0) is 13.2. The number of furan rings is 1. The lowest BCUT2D eigenvalue weighted by Crippen LogP contribution is -2.07. The van der Waals surface area contributed by atoms with Crippen LogP contribution in [0, 0.1) is 6.92 Å². The predicted molar refractivity (Wildman–Crippen MR) is 74.7 cm³/mol. The predicted octanol–water partition coefficient (Wildman–Crippen LogP) is 2.70. The summed E-state index contributed by atoms with van der Waals surface area (Å²) in [5.74, 6) is 0.724. The number of aryl methyl sites for hydroxylation is 1. The number of nitrogens with zero attached hydrogens (tertiary/aromatic N) is 2. The zero-order valence-electron chi connectivity index (χ0n) is 10.8. The van der Waals surface area contributed by atoms with E-state index in [2.05, 4.69) is 29.0 Å². The van der Waals surface area contributed by atoms with E-state index in [4.69, 9.17) is 10.2 Å². The third-order valence-electron chi connectivity index (χ3n) is 3.03. The number of aromatic nitrogens is 2. The molecule has 0 aliphatic heterocycles. The monoisotopic (exact) mass is 253 g/mol. The Morgan fingerprint density at radius 2 is 2.11 bits per heavy atom. The lowest BCUT2D eigenvalue weighted by Gasteiger charge is -2.06. The van der Waals surface area contributed by atoms with Crippen molar-refractivity contribution in [3.05, 3.63) is 48.0 Å². The Kier molecular flexibility index (Phi) is 3.01. The minimum absolute atomic E-state index is 0.527. The lowest BCUT2D eigenvalue weighted by molar-refractivity contribution is 0.599. The van der Waals surface area contributed by atoms with E-state index in [9.17, 15) is 0 Å². The van der Waals surface area contributed by atoms with E-state index in [0.29, 0.717) is 18.7 Å². The summed E-state index contributed by atoms with van der Waals surface area (Å²) in [6.45, 7) is 2.59. The van der Waals surface area contributed by atoms with Crippen LogP contribution < -0.4 is 5.73 Å². The first-order valence-electron chi connectivity index (χ1n) is 6.29. The molecule has 19 heavy (non-hydrogen) atoms. The molecule has 96 valence electrons. The van der Waals surface area contributed by atoms with Gasteiger partial charge in [0, 0.05) is 12.0 Å². The van der Waals surface area contributed by atoms with Crippen molar-refractivity contribution in [3.63, 3.8) is 0 Å². The maximum Gasteiger partial charge on any atom is 0.229 e. The number of nitrogens with two attached hydrogens (primary N) is 1.